The fourth-order valence-corrected chi connectivity index (χ4v) is 3.72. The van der Waals surface area contributed by atoms with Crippen LogP contribution in [0.1, 0.15) is 79.6 Å². The van der Waals surface area contributed by atoms with Gasteiger partial charge in [-0.2, -0.15) is 0 Å². The van der Waals surface area contributed by atoms with Gasteiger partial charge in [-0.3, -0.25) is 0 Å². The summed E-state index contributed by atoms with van der Waals surface area (Å²) in [6, 6.07) is 0. The van der Waals surface area contributed by atoms with Crippen molar-refractivity contribution in [1.82, 2.24) is 0 Å². The molecule has 0 aromatic carbocycles. The predicted octanol–water partition coefficient (Wildman–Crippen LogP) is 4.47. The Morgan fingerprint density at radius 3 is 1.81 bits per heavy atom. The molecule has 5 heteroatoms. The lowest BCUT2D eigenvalue weighted by Gasteiger charge is -2.41. The molecule has 2 fully saturated rings. The summed E-state index contributed by atoms with van der Waals surface area (Å²) in [5, 5.41) is 0. The van der Waals surface area contributed by atoms with Crippen molar-refractivity contribution in [2.75, 3.05) is 19.8 Å². The Balaban J connectivity index is 2.09. The fraction of sp³-hybridized carbons (Fsp3) is 1.00. The van der Waals surface area contributed by atoms with E-state index in [1.807, 2.05) is 13.8 Å². The van der Waals surface area contributed by atoms with Gasteiger partial charge in [0, 0.05) is 26.2 Å². The standard InChI is InChI=1S/C21H40O5/c1-6-9-12-22-16-15-17(23-13-10-7-2)19-20(26-21(4,5)25-19)18(16)24-14-11-8-3/h16-20H,6-15H2,1-5H3/t16-,17?,18?,19?,20+/m0/s1. The minimum atomic E-state index is -0.605. The Morgan fingerprint density at radius 1 is 0.731 bits per heavy atom. The van der Waals surface area contributed by atoms with Crippen molar-refractivity contribution < 1.29 is 23.7 Å². The van der Waals surface area contributed by atoms with Crippen LogP contribution in [0.2, 0.25) is 0 Å². The number of rotatable bonds is 12. The average molecular weight is 373 g/mol. The summed E-state index contributed by atoms with van der Waals surface area (Å²) in [5.74, 6) is -0.605. The van der Waals surface area contributed by atoms with Crippen LogP contribution in [0.15, 0.2) is 0 Å². The van der Waals surface area contributed by atoms with Crippen molar-refractivity contribution in [1.29, 1.82) is 0 Å². The summed E-state index contributed by atoms with van der Waals surface area (Å²) in [5.41, 5.74) is 0. The van der Waals surface area contributed by atoms with Crippen molar-refractivity contribution in [3.63, 3.8) is 0 Å². The number of hydrogen-bond donors (Lipinski definition) is 0. The van der Waals surface area contributed by atoms with E-state index in [9.17, 15) is 0 Å². The highest BCUT2D eigenvalue weighted by Gasteiger charge is 2.55. The molecule has 0 N–H and O–H groups in total. The molecule has 1 heterocycles. The molecule has 0 bridgehead atoms. The molecule has 0 aromatic heterocycles. The molecule has 26 heavy (non-hydrogen) atoms. The first kappa shape index (κ1) is 22.1. The molecular weight excluding hydrogens is 332 g/mol. The van der Waals surface area contributed by atoms with Gasteiger partial charge in [0.15, 0.2) is 5.79 Å². The minimum absolute atomic E-state index is 0.00350. The zero-order chi connectivity index (χ0) is 19.0. The largest absolute Gasteiger partial charge is 0.375 e. The molecule has 2 aliphatic rings. The lowest BCUT2D eigenvalue weighted by molar-refractivity contribution is -0.186. The predicted molar refractivity (Wildman–Crippen MR) is 102 cm³/mol. The second-order valence-electron chi connectivity index (χ2n) is 8.02. The Hall–Kier alpha value is -0.200. The van der Waals surface area contributed by atoms with Gasteiger partial charge in [-0.1, -0.05) is 40.0 Å². The molecule has 0 spiro atoms. The van der Waals surface area contributed by atoms with Gasteiger partial charge in [0.2, 0.25) is 0 Å². The van der Waals surface area contributed by atoms with E-state index in [0.717, 1.165) is 64.8 Å². The zero-order valence-corrected chi connectivity index (χ0v) is 17.5. The number of ether oxygens (including phenoxy) is 5. The Bertz CT molecular complexity index is 387. The summed E-state index contributed by atoms with van der Waals surface area (Å²) in [7, 11) is 0. The second-order valence-corrected chi connectivity index (χ2v) is 8.02. The Morgan fingerprint density at radius 2 is 1.23 bits per heavy atom. The van der Waals surface area contributed by atoms with Crippen LogP contribution in [0, 0.1) is 0 Å². The van der Waals surface area contributed by atoms with E-state index in [1.54, 1.807) is 0 Å². The van der Waals surface area contributed by atoms with Gasteiger partial charge < -0.3 is 23.7 Å². The fourth-order valence-electron chi connectivity index (χ4n) is 3.72. The monoisotopic (exact) mass is 372 g/mol. The molecular formula is C21H40O5. The van der Waals surface area contributed by atoms with Crippen molar-refractivity contribution in [2.45, 2.75) is 116 Å². The minimum Gasteiger partial charge on any atom is -0.375 e. The highest BCUT2D eigenvalue weighted by molar-refractivity contribution is 5.01. The maximum absolute atomic E-state index is 6.26. The zero-order valence-electron chi connectivity index (χ0n) is 17.5. The van der Waals surface area contributed by atoms with Crippen LogP contribution in [-0.4, -0.2) is 56.1 Å². The summed E-state index contributed by atoms with van der Waals surface area (Å²) in [6.45, 7) is 12.8. The summed E-state index contributed by atoms with van der Waals surface area (Å²) >= 11 is 0. The SMILES string of the molecule is CCCCOC1C[C@H](OCCCC)C(OCCCC)[C@H]2OC(C)(C)OC12. The van der Waals surface area contributed by atoms with Crippen molar-refractivity contribution in [2.24, 2.45) is 0 Å². The van der Waals surface area contributed by atoms with Gasteiger partial charge in [-0.25, -0.2) is 0 Å². The van der Waals surface area contributed by atoms with Crippen LogP contribution < -0.4 is 0 Å². The summed E-state index contributed by atoms with van der Waals surface area (Å²) in [6.07, 6.45) is 7.08. The number of fused-ring (bicyclic) bond motifs is 1. The quantitative estimate of drug-likeness (QED) is 0.473. The molecule has 1 aliphatic carbocycles. The van der Waals surface area contributed by atoms with Gasteiger partial charge in [0.1, 0.15) is 18.3 Å². The molecule has 1 aliphatic heterocycles. The van der Waals surface area contributed by atoms with E-state index in [1.165, 1.54) is 0 Å². The lowest BCUT2D eigenvalue weighted by atomic mass is 9.86. The lowest BCUT2D eigenvalue weighted by Crippen LogP contribution is -2.57. The second kappa shape index (κ2) is 11.0. The van der Waals surface area contributed by atoms with Gasteiger partial charge in [-0.15, -0.1) is 0 Å². The van der Waals surface area contributed by atoms with E-state index in [0.29, 0.717) is 0 Å². The third-order valence-electron chi connectivity index (χ3n) is 5.15. The smallest absolute Gasteiger partial charge is 0.164 e. The van der Waals surface area contributed by atoms with Gasteiger partial charge in [0.05, 0.1) is 12.2 Å². The normalized spacial score (nSPS) is 33.3. The van der Waals surface area contributed by atoms with Crippen molar-refractivity contribution >= 4 is 0 Å². The van der Waals surface area contributed by atoms with Gasteiger partial charge in [-0.05, 0) is 33.1 Å². The maximum Gasteiger partial charge on any atom is 0.164 e. The molecule has 0 amide bonds. The van der Waals surface area contributed by atoms with Gasteiger partial charge in [0.25, 0.3) is 0 Å². The maximum atomic E-state index is 6.26. The van der Waals surface area contributed by atoms with E-state index in [2.05, 4.69) is 20.8 Å². The van der Waals surface area contributed by atoms with Crippen LogP contribution in [0.3, 0.4) is 0 Å². The topological polar surface area (TPSA) is 46.2 Å². The van der Waals surface area contributed by atoms with Crippen LogP contribution >= 0.6 is 0 Å². The van der Waals surface area contributed by atoms with Crippen molar-refractivity contribution in [3.8, 4) is 0 Å². The Labute approximate surface area is 160 Å². The van der Waals surface area contributed by atoms with Gasteiger partial charge >= 0.3 is 0 Å². The highest BCUT2D eigenvalue weighted by atomic mass is 16.8. The molecule has 5 nitrogen and oxygen atoms in total. The van der Waals surface area contributed by atoms with Crippen LogP contribution in [0.5, 0.6) is 0 Å². The molecule has 2 rings (SSSR count). The molecule has 1 saturated carbocycles. The average Bonchev–Trinajstić information content (AvgIpc) is 2.93. The van der Waals surface area contributed by atoms with Crippen LogP contribution in [-0.2, 0) is 23.7 Å². The molecule has 0 aromatic rings. The Kier molecular flexibility index (Phi) is 9.31. The molecule has 1 saturated heterocycles. The first-order valence-corrected chi connectivity index (χ1v) is 10.7. The first-order chi connectivity index (χ1) is 12.5. The highest BCUT2D eigenvalue weighted by Crippen LogP contribution is 2.40. The number of unbranched alkanes of at least 4 members (excludes halogenated alkanes) is 3. The first-order valence-electron chi connectivity index (χ1n) is 10.7. The summed E-state index contributed by atoms with van der Waals surface area (Å²) in [4.78, 5) is 0. The van der Waals surface area contributed by atoms with Crippen LogP contribution in [0.25, 0.3) is 0 Å². The third-order valence-corrected chi connectivity index (χ3v) is 5.15. The van der Waals surface area contributed by atoms with E-state index in [-0.39, 0.29) is 30.5 Å². The van der Waals surface area contributed by atoms with Crippen molar-refractivity contribution in [3.05, 3.63) is 0 Å². The third kappa shape index (κ3) is 6.16. The molecule has 5 atom stereocenters. The number of hydrogen-bond acceptors (Lipinski definition) is 5. The molecule has 0 radical (unpaired) electrons. The van der Waals surface area contributed by atoms with Crippen LogP contribution in [0.4, 0.5) is 0 Å². The van der Waals surface area contributed by atoms with E-state index in [4.69, 9.17) is 23.7 Å². The summed E-state index contributed by atoms with van der Waals surface area (Å²) < 4.78 is 31.2. The van der Waals surface area contributed by atoms with E-state index >= 15 is 0 Å². The molecule has 3 unspecified atom stereocenters. The molecule has 154 valence electrons. The van der Waals surface area contributed by atoms with E-state index < -0.39 is 5.79 Å².